The number of hydrogen-bond acceptors (Lipinski definition) is 2. The standard InChI is InChI=1S/C33H25NO2/c1-2-36-33(35)30-28-20-12-19-27-29(24-15-8-4-9-16-24)22-26(21-23-13-6-3-7-14-23)34(32(27)28)31(30)25-17-10-5-11-18-25/h3-22H,2H2,1H3/b26-21+. The number of ether oxygens (including phenoxy) is 1. The van der Waals surface area contributed by atoms with Crippen molar-refractivity contribution in [2.24, 2.45) is 0 Å². The Morgan fingerprint density at radius 2 is 1.36 bits per heavy atom. The first-order valence-electron chi connectivity index (χ1n) is 12.2. The van der Waals surface area contributed by atoms with Crippen molar-refractivity contribution in [3.63, 3.8) is 0 Å². The van der Waals surface area contributed by atoms with Crippen LogP contribution >= 0.6 is 0 Å². The summed E-state index contributed by atoms with van der Waals surface area (Å²) in [4.78, 5) is 13.5. The topological polar surface area (TPSA) is 30.7 Å². The zero-order valence-electron chi connectivity index (χ0n) is 20.0. The number of hydrogen-bond donors (Lipinski definition) is 0. The highest BCUT2D eigenvalue weighted by molar-refractivity contribution is 6.16. The van der Waals surface area contributed by atoms with Crippen LogP contribution in [0.4, 0.5) is 0 Å². The fourth-order valence-corrected chi connectivity index (χ4v) is 5.07. The predicted octanol–water partition coefficient (Wildman–Crippen LogP) is 7.15. The number of carbonyl (C=O) groups is 1. The first-order valence-corrected chi connectivity index (χ1v) is 12.2. The van der Waals surface area contributed by atoms with Gasteiger partial charge in [-0.2, -0.15) is 0 Å². The number of pyridine rings is 1. The van der Waals surface area contributed by atoms with E-state index in [2.05, 4.69) is 71.1 Å². The van der Waals surface area contributed by atoms with Gasteiger partial charge in [0.15, 0.2) is 0 Å². The Bertz CT molecular complexity index is 1730. The van der Waals surface area contributed by atoms with Gasteiger partial charge in [-0.15, -0.1) is 0 Å². The Morgan fingerprint density at radius 3 is 2.03 bits per heavy atom. The van der Waals surface area contributed by atoms with Gasteiger partial charge in [-0.25, -0.2) is 4.79 Å². The van der Waals surface area contributed by atoms with Gasteiger partial charge in [0.1, 0.15) is 0 Å². The molecule has 0 saturated heterocycles. The third kappa shape index (κ3) is 3.66. The van der Waals surface area contributed by atoms with Crippen LogP contribution in [0.25, 0.3) is 44.7 Å². The van der Waals surface area contributed by atoms with Gasteiger partial charge in [0.05, 0.1) is 23.4 Å². The van der Waals surface area contributed by atoms with E-state index in [0.717, 1.165) is 49.6 Å². The zero-order valence-corrected chi connectivity index (χ0v) is 20.0. The van der Waals surface area contributed by atoms with Crippen LogP contribution in [-0.4, -0.2) is 17.0 Å². The second-order valence-corrected chi connectivity index (χ2v) is 8.75. The molecule has 2 heterocycles. The Hall–Kier alpha value is -4.63. The van der Waals surface area contributed by atoms with E-state index < -0.39 is 0 Å². The predicted molar refractivity (Wildman–Crippen MR) is 147 cm³/mol. The SMILES string of the molecule is CCOC(=O)c1c(-c2ccccc2)n2/c(=C/c3ccccc3)cc(-c3ccccc3)c3cccc1c32. The minimum Gasteiger partial charge on any atom is -0.462 e. The van der Waals surface area contributed by atoms with Crippen molar-refractivity contribution in [2.45, 2.75) is 6.92 Å². The molecule has 0 aliphatic rings. The van der Waals surface area contributed by atoms with Gasteiger partial charge in [0, 0.05) is 16.1 Å². The normalized spacial score (nSPS) is 11.9. The van der Waals surface area contributed by atoms with Gasteiger partial charge >= 0.3 is 5.97 Å². The molecule has 0 radical (unpaired) electrons. The van der Waals surface area contributed by atoms with Crippen molar-refractivity contribution in [3.05, 3.63) is 132 Å². The number of nitrogens with zero attached hydrogens (tertiary/aromatic N) is 1. The van der Waals surface area contributed by atoms with Gasteiger partial charge in [-0.05, 0) is 41.3 Å². The van der Waals surface area contributed by atoms with Crippen LogP contribution < -0.4 is 5.35 Å². The summed E-state index contributed by atoms with van der Waals surface area (Å²) >= 11 is 0. The van der Waals surface area contributed by atoms with Crippen LogP contribution in [0, 0.1) is 0 Å². The van der Waals surface area contributed by atoms with E-state index in [0.29, 0.717) is 12.2 Å². The van der Waals surface area contributed by atoms with E-state index >= 15 is 0 Å². The number of rotatable bonds is 5. The van der Waals surface area contributed by atoms with Crippen molar-refractivity contribution in [2.75, 3.05) is 6.61 Å². The van der Waals surface area contributed by atoms with Crippen LogP contribution in [0.5, 0.6) is 0 Å². The summed E-state index contributed by atoms with van der Waals surface area (Å²) in [6.45, 7) is 2.16. The van der Waals surface area contributed by atoms with Crippen molar-refractivity contribution < 1.29 is 9.53 Å². The molecule has 0 bridgehead atoms. The maximum absolute atomic E-state index is 13.5. The number of carbonyl (C=O) groups excluding carboxylic acids is 1. The number of para-hydroxylation sites is 1. The molecule has 0 unspecified atom stereocenters. The molecule has 0 amide bonds. The van der Waals surface area contributed by atoms with Crippen molar-refractivity contribution >= 4 is 28.3 Å². The second kappa shape index (κ2) is 9.20. The highest BCUT2D eigenvalue weighted by atomic mass is 16.5. The molecule has 4 aromatic carbocycles. The van der Waals surface area contributed by atoms with Gasteiger partial charge in [-0.1, -0.05) is 109 Å². The molecule has 0 N–H and O–H groups in total. The zero-order chi connectivity index (χ0) is 24.5. The summed E-state index contributed by atoms with van der Waals surface area (Å²) in [5, 5.41) is 2.99. The quantitative estimate of drug-likeness (QED) is 0.252. The molecule has 0 aliphatic carbocycles. The Labute approximate surface area is 209 Å². The molecule has 3 nitrogen and oxygen atoms in total. The average Bonchev–Trinajstić information content (AvgIpc) is 3.29. The molecule has 174 valence electrons. The lowest BCUT2D eigenvalue weighted by molar-refractivity contribution is 0.0529. The first-order chi connectivity index (χ1) is 17.8. The third-order valence-electron chi connectivity index (χ3n) is 6.56. The van der Waals surface area contributed by atoms with Crippen LogP contribution in [0.2, 0.25) is 0 Å². The maximum Gasteiger partial charge on any atom is 0.340 e. The molecule has 6 rings (SSSR count). The fraction of sp³-hybridized carbons (Fsp3) is 0.0606. The molecule has 3 heteroatoms. The third-order valence-corrected chi connectivity index (χ3v) is 6.56. The molecule has 0 fully saturated rings. The van der Waals surface area contributed by atoms with E-state index in [1.807, 2.05) is 61.5 Å². The summed E-state index contributed by atoms with van der Waals surface area (Å²) in [6.07, 6.45) is 2.18. The summed E-state index contributed by atoms with van der Waals surface area (Å²) in [7, 11) is 0. The van der Waals surface area contributed by atoms with E-state index in [4.69, 9.17) is 4.74 Å². The molecule has 0 saturated carbocycles. The lowest BCUT2D eigenvalue weighted by atomic mass is 9.99. The Kier molecular flexibility index (Phi) is 5.59. The highest BCUT2D eigenvalue weighted by Crippen LogP contribution is 2.38. The van der Waals surface area contributed by atoms with E-state index in [1.54, 1.807) is 0 Å². The lowest BCUT2D eigenvalue weighted by Gasteiger charge is -2.12. The van der Waals surface area contributed by atoms with Gasteiger partial charge < -0.3 is 9.14 Å². The Balaban J connectivity index is 1.84. The van der Waals surface area contributed by atoms with Crippen LogP contribution in [-0.2, 0) is 4.74 Å². The van der Waals surface area contributed by atoms with Crippen molar-refractivity contribution in [1.82, 2.24) is 4.40 Å². The van der Waals surface area contributed by atoms with E-state index in [1.165, 1.54) is 0 Å². The number of aromatic nitrogens is 1. The molecular weight excluding hydrogens is 442 g/mol. The molecule has 0 spiro atoms. The minimum absolute atomic E-state index is 0.306. The first kappa shape index (κ1) is 21.9. The second-order valence-electron chi connectivity index (χ2n) is 8.75. The van der Waals surface area contributed by atoms with Crippen LogP contribution in [0.15, 0.2) is 115 Å². The average molecular weight is 468 g/mol. The minimum atomic E-state index is -0.306. The molecule has 0 atom stereocenters. The van der Waals surface area contributed by atoms with Crippen LogP contribution in [0.3, 0.4) is 0 Å². The maximum atomic E-state index is 13.5. The molecule has 2 aromatic heterocycles. The van der Waals surface area contributed by atoms with E-state index in [9.17, 15) is 4.79 Å². The van der Waals surface area contributed by atoms with Gasteiger partial charge in [-0.3, -0.25) is 0 Å². The molecular formula is C33H25NO2. The highest BCUT2D eigenvalue weighted by Gasteiger charge is 2.26. The van der Waals surface area contributed by atoms with E-state index in [-0.39, 0.29) is 5.97 Å². The Morgan fingerprint density at radius 1 is 0.750 bits per heavy atom. The largest absolute Gasteiger partial charge is 0.462 e. The molecule has 6 aromatic rings. The molecule has 36 heavy (non-hydrogen) atoms. The summed E-state index contributed by atoms with van der Waals surface area (Å²) < 4.78 is 7.82. The number of esters is 1. The smallest absolute Gasteiger partial charge is 0.340 e. The van der Waals surface area contributed by atoms with Crippen LogP contribution in [0.1, 0.15) is 22.8 Å². The van der Waals surface area contributed by atoms with Crippen molar-refractivity contribution in [1.29, 1.82) is 0 Å². The summed E-state index contributed by atoms with van der Waals surface area (Å²) in [6, 6.07) is 39.2. The van der Waals surface area contributed by atoms with Gasteiger partial charge in [0.2, 0.25) is 0 Å². The van der Waals surface area contributed by atoms with Crippen molar-refractivity contribution in [3.8, 4) is 22.4 Å². The fourth-order valence-electron chi connectivity index (χ4n) is 5.07. The van der Waals surface area contributed by atoms with Gasteiger partial charge in [0.25, 0.3) is 0 Å². The summed E-state index contributed by atoms with van der Waals surface area (Å²) in [5.74, 6) is -0.306. The monoisotopic (exact) mass is 467 g/mol. The number of benzene rings is 4. The molecule has 0 aliphatic heterocycles. The summed E-state index contributed by atoms with van der Waals surface area (Å²) in [5.41, 5.74) is 6.79. The lowest BCUT2D eigenvalue weighted by Crippen LogP contribution is -2.16.